The molecule has 1 aliphatic heterocycles. The second kappa shape index (κ2) is 7.71. The maximum Gasteiger partial charge on any atom is 0.109 e. The second-order valence-corrected chi connectivity index (χ2v) is 6.44. The summed E-state index contributed by atoms with van der Waals surface area (Å²) in [5.74, 6) is 0.821. The normalized spacial score (nSPS) is 37.2. The Morgan fingerprint density at radius 1 is 0.950 bits per heavy atom. The lowest BCUT2D eigenvalue weighted by Gasteiger charge is -2.43. The third-order valence-corrected chi connectivity index (χ3v) is 5.00. The molecule has 5 heteroatoms. The fraction of sp³-hybridized carbons (Fsp3) is 1.00. The van der Waals surface area contributed by atoms with Gasteiger partial charge in [0.15, 0.2) is 0 Å². The molecule has 1 heterocycles. The average Bonchev–Trinajstić information content (AvgIpc) is 2.46. The van der Waals surface area contributed by atoms with E-state index in [0.29, 0.717) is 6.54 Å². The molecule has 118 valence electrons. The molecule has 0 amide bonds. The number of rotatable bonds is 5. The zero-order valence-corrected chi connectivity index (χ0v) is 12.2. The summed E-state index contributed by atoms with van der Waals surface area (Å²) in [5.41, 5.74) is 0. The predicted octanol–water partition coefficient (Wildman–Crippen LogP) is 0.106. The molecule has 4 N–H and O–H groups in total. The maximum atomic E-state index is 9.91. The Hall–Kier alpha value is -0.200. The zero-order chi connectivity index (χ0) is 14.5. The van der Waals surface area contributed by atoms with Gasteiger partial charge in [-0.1, -0.05) is 32.1 Å². The van der Waals surface area contributed by atoms with Crippen LogP contribution in [0.2, 0.25) is 0 Å². The first-order valence-corrected chi connectivity index (χ1v) is 8.02. The minimum atomic E-state index is -1.15. The number of nitrogens with zero attached hydrogens (tertiary/aromatic N) is 1. The molecule has 0 spiro atoms. The largest absolute Gasteiger partial charge is 0.395 e. The van der Waals surface area contributed by atoms with E-state index in [4.69, 9.17) is 0 Å². The van der Waals surface area contributed by atoms with E-state index in [2.05, 4.69) is 0 Å². The van der Waals surface area contributed by atoms with E-state index < -0.39 is 24.4 Å². The summed E-state index contributed by atoms with van der Waals surface area (Å²) in [5, 5.41) is 38.7. The standard InChI is InChI=1S/C15H29NO4/c17-10-12-14(19)15(20)13(18)9-16(12)8-4-7-11-5-2-1-3-6-11/h11-15,17-20H,1-10H2/t12-,13+,14+,15-/m0/s1. The first-order valence-electron chi connectivity index (χ1n) is 8.02. The third kappa shape index (κ3) is 3.92. The van der Waals surface area contributed by atoms with Gasteiger partial charge in [0, 0.05) is 6.54 Å². The maximum absolute atomic E-state index is 9.91. The Bertz CT molecular complexity index is 283. The molecular weight excluding hydrogens is 258 g/mol. The van der Waals surface area contributed by atoms with Gasteiger partial charge >= 0.3 is 0 Å². The van der Waals surface area contributed by atoms with Gasteiger partial charge in [-0.05, 0) is 25.3 Å². The van der Waals surface area contributed by atoms with Crippen LogP contribution in [-0.2, 0) is 0 Å². The summed E-state index contributed by atoms with van der Waals surface area (Å²) in [6, 6.07) is -0.459. The van der Waals surface area contributed by atoms with E-state index in [0.717, 1.165) is 18.9 Å². The number of piperidine rings is 1. The van der Waals surface area contributed by atoms with Gasteiger partial charge in [-0.15, -0.1) is 0 Å². The zero-order valence-electron chi connectivity index (χ0n) is 12.2. The average molecular weight is 287 g/mol. The molecule has 2 rings (SSSR count). The van der Waals surface area contributed by atoms with E-state index >= 15 is 0 Å². The third-order valence-electron chi connectivity index (χ3n) is 5.00. The molecule has 0 radical (unpaired) electrons. The van der Waals surface area contributed by atoms with Crippen molar-refractivity contribution in [2.45, 2.75) is 69.3 Å². The molecule has 0 unspecified atom stereocenters. The summed E-state index contributed by atoms with van der Waals surface area (Å²) in [7, 11) is 0. The molecule has 5 nitrogen and oxygen atoms in total. The van der Waals surface area contributed by atoms with E-state index in [1.165, 1.54) is 38.5 Å². The predicted molar refractivity (Wildman–Crippen MR) is 76.3 cm³/mol. The molecule has 2 aliphatic rings. The molecule has 1 saturated heterocycles. The number of hydrogen-bond acceptors (Lipinski definition) is 5. The van der Waals surface area contributed by atoms with Gasteiger partial charge in [0.05, 0.1) is 18.8 Å². The van der Waals surface area contributed by atoms with Crippen molar-refractivity contribution in [2.75, 3.05) is 19.7 Å². The van der Waals surface area contributed by atoms with Crippen LogP contribution in [0.3, 0.4) is 0 Å². The molecule has 2 fully saturated rings. The van der Waals surface area contributed by atoms with Crippen LogP contribution in [0.1, 0.15) is 44.9 Å². The number of hydrogen-bond donors (Lipinski definition) is 4. The van der Waals surface area contributed by atoms with E-state index in [-0.39, 0.29) is 6.61 Å². The van der Waals surface area contributed by atoms with Gasteiger partial charge in [-0.3, -0.25) is 4.90 Å². The Morgan fingerprint density at radius 2 is 1.65 bits per heavy atom. The summed E-state index contributed by atoms with van der Waals surface area (Å²) in [6.45, 7) is 0.908. The molecule has 1 saturated carbocycles. The molecule has 0 aromatic rings. The summed E-state index contributed by atoms with van der Waals surface area (Å²) >= 11 is 0. The van der Waals surface area contributed by atoms with Crippen LogP contribution in [0.5, 0.6) is 0 Å². The molecule has 1 aliphatic carbocycles. The topological polar surface area (TPSA) is 84.2 Å². The lowest BCUT2D eigenvalue weighted by molar-refractivity contribution is -0.145. The van der Waals surface area contributed by atoms with Crippen LogP contribution in [0.15, 0.2) is 0 Å². The van der Waals surface area contributed by atoms with Crippen molar-refractivity contribution < 1.29 is 20.4 Å². The molecule has 0 aromatic carbocycles. The van der Waals surface area contributed by atoms with Crippen LogP contribution in [0.4, 0.5) is 0 Å². The minimum absolute atomic E-state index is 0.186. The van der Waals surface area contributed by atoms with Crippen molar-refractivity contribution in [1.29, 1.82) is 0 Å². The van der Waals surface area contributed by atoms with Gasteiger partial charge in [-0.2, -0.15) is 0 Å². The number of aliphatic hydroxyl groups excluding tert-OH is 4. The highest BCUT2D eigenvalue weighted by Crippen LogP contribution is 2.28. The van der Waals surface area contributed by atoms with E-state index in [1.807, 2.05) is 4.90 Å². The van der Waals surface area contributed by atoms with Crippen molar-refractivity contribution in [2.24, 2.45) is 5.92 Å². The first kappa shape index (κ1) is 16.2. The number of likely N-dealkylation sites (tertiary alicyclic amines) is 1. The highest BCUT2D eigenvalue weighted by molar-refractivity contribution is 4.94. The van der Waals surface area contributed by atoms with Crippen molar-refractivity contribution >= 4 is 0 Å². The highest BCUT2D eigenvalue weighted by atomic mass is 16.4. The van der Waals surface area contributed by atoms with Gasteiger partial charge in [0.1, 0.15) is 12.2 Å². The fourth-order valence-corrected chi connectivity index (χ4v) is 3.69. The second-order valence-electron chi connectivity index (χ2n) is 6.44. The fourth-order valence-electron chi connectivity index (χ4n) is 3.69. The van der Waals surface area contributed by atoms with Gasteiger partial charge < -0.3 is 20.4 Å². The van der Waals surface area contributed by atoms with Gasteiger partial charge in [0.2, 0.25) is 0 Å². The van der Waals surface area contributed by atoms with Crippen molar-refractivity contribution in [3.05, 3.63) is 0 Å². The summed E-state index contributed by atoms with van der Waals surface area (Å²) < 4.78 is 0. The van der Waals surface area contributed by atoms with Crippen LogP contribution in [0.25, 0.3) is 0 Å². The number of aliphatic hydroxyl groups is 4. The van der Waals surface area contributed by atoms with Gasteiger partial charge in [0.25, 0.3) is 0 Å². The van der Waals surface area contributed by atoms with Crippen molar-refractivity contribution in [3.63, 3.8) is 0 Å². The van der Waals surface area contributed by atoms with Crippen molar-refractivity contribution in [1.82, 2.24) is 4.90 Å². The van der Waals surface area contributed by atoms with Crippen molar-refractivity contribution in [3.8, 4) is 0 Å². The lowest BCUT2D eigenvalue weighted by Crippen LogP contribution is -2.62. The summed E-state index contributed by atoms with van der Waals surface area (Å²) in [6.07, 6.45) is 5.77. The number of β-amino-alcohol motifs (C(OH)–C–C–N with tert-alkyl or cyclic N) is 1. The minimum Gasteiger partial charge on any atom is -0.395 e. The SMILES string of the molecule is OC[C@H]1[C@@H](O)[C@@H](O)[C@H](O)CN1CCCC1CCCCC1. The van der Waals surface area contributed by atoms with Gasteiger partial charge in [-0.25, -0.2) is 0 Å². The Morgan fingerprint density at radius 3 is 2.30 bits per heavy atom. The lowest BCUT2D eigenvalue weighted by atomic mass is 9.86. The molecule has 20 heavy (non-hydrogen) atoms. The Labute approximate surface area is 121 Å². The quantitative estimate of drug-likeness (QED) is 0.577. The summed E-state index contributed by atoms with van der Waals surface area (Å²) in [4.78, 5) is 1.92. The monoisotopic (exact) mass is 287 g/mol. The molecule has 0 aromatic heterocycles. The van der Waals surface area contributed by atoms with Crippen LogP contribution < -0.4 is 0 Å². The van der Waals surface area contributed by atoms with Crippen LogP contribution in [-0.4, -0.2) is 69.4 Å². The Kier molecular flexibility index (Phi) is 6.23. The van der Waals surface area contributed by atoms with Crippen LogP contribution >= 0.6 is 0 Å². The highest BCUT2D eigenvalue weighted by Gasteiger charge is 2.40. The first-order chi connectivity index (χ1) is 9.63. The smallest absolute Gasteiger partial charge is 0.109 e. The Balaban J connectivity index is 1.77. The molecule has 0 bridgehead atoms. The van der Waals surface area contributed by atoms with Crippen LogP contribution in [0, 0.1) is 5.92 Å². The molecule has 4 atom stereocenters. The molecular formula is C15H29NO4. The van der Waals surface area contributed by atoms with E-state index in [9.17, 15) is 20.4 Å². The van der Waals surface area contributed by atoms with E-state index in [1.54, 1.807) is 0 Å².